The predicted octanol–water partition coefficient (Wildman–Crippen LogP) is 0.777. The summed E-state index contributed by atoms with van der Waals surface area (Å²) in [4.78, 5) is 21.8. The average molecular weight is 1050 g/mol. The maximum absolute atomic E-state index is 10.9. The van der Waals surface area contributed by atoms with Gasteiger partial charge in [0, 0.05) is 12.2 Å². The smallest absolute Gasteiger partial charge is 0.330 e. The Hall–Kier alpha value is -2.38. The number of esters is 2. The van der Waals surface area contributed by atoms with E-state index in [0.29, 0.717) is 264 Å². The number of ether oxygens (including phenoxy) is 22. The van der Waals surface area contributed by atoms with E-state index in [4.69, 9.17) is 104 Å². The van der Waals surface area contributed by atoms with E-state index < -0.39 is 11.9 Å². The highest BCUT2D eigenvalue weighted by atomic mass is 16.6. The van der Waals surface area contributed by atoms with Gasteiger partial charge >= 0.3 is 11.9 Å². The first kappa shape index (κ1) is 69.6. The third-order valence-electron chi connectivity index (χ3n) is 8.35. The fraction of sp³-hybridized carbons (Fsp3) is 0.875. The zero-order chi connectivity index (χ0) is 51.8. The molecule has 0 radical (unpaired) electrons. The van der Waals surface area contributed by atoms with Gasteiger partial charge in [-0.15, -0.1) is 0 Å². The molecule has 0 unspecified atom stereocenters. The molecule has 426 valence electrons. The van der Waals surface area contributed by atoms with Gasteiger partial charge in [0.15, 0.2) is 0 Å². The lowest BCUT2D eigenvalue weighted by Crippen LogP contribution is -2.16. The van der Waals surface area contributed by atoms with Crippen molar-refractivity contribution >= 4 is 11.9 Å². The van der Waals surface area contributed by atoms with Crippen molar-refractivity contribution in [2.75, 3.05) is 277 Å². The molecule has 0 fully saturated rings. The molecule has 0 heterocycles. The van der Waals surface area contributed by atoms with Crippen LogP contribution in [0, 0.1) is 0 Å². The van der Waals surface area contributed by atoms with E-state index in [2.05, 4.69) is 13.2 Å². The van der Waals surface area contributed by atoms with E-state index in [1.54, 1.807) is 0 Å². The SMILES string of the molecule is C=CC(=O)OCCOCCOCCOCCOCCOCCOCCOCCOCCOCCOCCOCCOCCOCCOCCOCCOCCOCCOCCOCCOCCOC(=O)C=C. The molecule has 0 aliphatic carbocycles. The van der Waals surface area contributed by atoms with Crippen molar-refractivity contribution in [1.29, 1.82) is 0 Å². The molecule has 0 aliphatic heterocycles. The van der Waals surface area contributed by atoms with Crippen LogP contribution in [0.25, 0.3) is 0 Å². The Bertz CT molecular complexity index is 1010. The topological polar surface area (TPSA) is 237 Å². The summed E-state index contributed by atoms with van der Waals surface area (Å²) in [6.45, 7) is 25.5. The van der Waals surface area contributed by atoms with Gasteiger partial charge in [-0.3, -0.25) is 0 Å². The Morgan fingerprint density at radius 3 is 0.347 bits per heavy atom. The molecule has 0 saturated heterocycles. The Morgan fingerprint density at radius 2 is 0.264 bits per heavy atom. The zero-order valence-corrected chi connectivity index (χ0v) is 43.1. The van der Waals surface area contributed by atoms with Crippen LogP contribution in [0.3, 0.4) is 0 Å². The quantitative estimate of drug-likeness (QED) is 0.0465. The third-order valence-corrected chi connectivity index (χ3v) is 8.35. The van der Waals surface area contributed by atoms with E-state index in [-0.39, 0.29) is 13.2 Å². The van der Waals surface area contributed by atoms with E-state index in [9.17, 15) is 9.59 Å². The second kappa shape index (κ2) is 64.7. The molecule has 0 bridgehead atoms. The lowest BCUT2D eigenvalue weighted by molar-refractivity contribution is -0.140. The van der Waals surface area contributed by atoms with Crippen molar-refractivity contribution in [3.05, 3.63) is 25.3 Å². The zero-order valence-electron chi connectivity index (χ0n) is 43.1. The number of carbonyl (C=O) groups excluding carboxylic acids is 2. The molecule has 0 aromatic carbocycles. The molecule has 0 aromatic heterocycles. The van der Waals surface area contributed by atoms with Gasteiger partial charge in [-0.25, -0.2) is 9.59 Å². The van der Waals surface area contributed by atoms with Gasteiger partial charge in [-0.1, -0.05) is 13.2 Å². The number of hydrogen-bond donors (Lipinski definition) is 0. The van der Waals surface area contributed by atoms with Crippen LogP contribution in [0.1, 0.15) is 0 Å². The van der Waals surface area contributed by atoms with Gasteiger partial charge in [-0.2, -0.15) is 0 Å². The Kier molecular flexibility index (Phi) is 62.6. The van der Waals surface area contributed by atoms with Gasteiger partial charge in [0.2, 0.25) is 0 Å². The first-order valence-electron chi connectivity index (χ1n) is 24.8. The number of hydrogen-bond acceptors (Lipinski definition) is 24. The summed E-state index contributed by atoms with van der Waals surface area (Å²) in [6.07, 6.45) is 2.22. The highest BCUT2D eigenvalue weighted by Crippen LogP contribution is 1.91. The highest BCUT2D eigenvalue weighted by molar-refractivity contribution is 5.81. The van der Waals surface area contributed by atoms with Crippen LogP contribution in [-0.2, 0) is 114 Å². The minimum atomic E-state index is -0.466. The van der Waals surface area contributed by atoms with Gasteiger partial charge in [-0.05, 0) is 0 Å². The minimum Gasteiger partial charge on any atom is -0.460 e. The molecule has 0 amide bonds. The molecule has 0 saturated carbocycles. The van der Waals surface area contributed by atoms with Crippen molar-refractivity contribution in [3.8, 4) is 0 Å². The third kappa shape index (κ3) is 63.7. The van der Waals surface area contributed by atoms with E-state index in [1.807, 2.05) is 0 Å². The molecule has 0 N–H and O–H groups in total. The van der Waals surface area contributed by atoms with E-state index in [0.717, 1.165) is 12.2 Å². The lowest BCUT2D eigenvalue weighted by atomic mass is 10.6. The monoisotopic (exact) mass is 1050 g/mol. The summed E-state index contributed by atoms with van der Waals surface area (Å²) in [7, 11) is 0. The maximum atomic E-state index is 10.9. The highest BCUT2D eigenvalue weighted by Gasteiger charge is 2.01. The molecular weight excluding hydrogens is 961 g/mol. The summed E-state index contributed by atoms with van der Waals surface area (Å²) in [5.41, 5.74) is 0. The molecule has 72 heavy (non-hydrogen) atoms. The van der Waals surface area contributed by atoms with Gasteiger partial charge in [0.25, 0.3) is 0 Å². The van der Waals surface area contributed by atoms with Crippen LogP contribution in [-0.4, -0.2) is 289 Å². The molecule has 24 nitrogen and oxygen atoms in total. The van der Waals surface area contributed by atoms with Gasteiger partial charge < -0.3 is 104 Å². The normalized spacial score (nSPS) is 11.4. The minimum absolute atomic E-state index is 0.189. The Morgan fingerprint density at radius 1 is 0.181 bits per heavy atom. The lowest BCUT2D eigenvalue weighted by Gasteiger charge is -2.09. The predicted molar refractivity (Wildman–Crippen MR) is 259 cm³/mol. The van der Waals surface area contributed by atoms with Crippen molar-refractivity contribution in [2.24, 2.45) is 0 Å². The fourth-order valence-electron chi connectivity index (χ4n) is 4.80. The fourth-order valence-corrected chi connectivity index (χ4v) is 4.80. The Balaban J connectivity index is 3.09. The summed E-state index contributed by atoms with van der Waals surface area (Å²) < 4.78 is 119. The summed E-state index contributed by atoms with van der Waals surface area (Å²) in [6, 6.07) is 0. The van der Waals surface area contributed by atoms with Crippen LogP contribution in [0.4, 0.5) is 0 Å². The molecule has 0 aromatic rings. The molecule has 0 spiro atoms. The summed E-state index contributed by atoms with van der Waals surface area (Å²) in [5, 5.41) is 0. The van der Waals surface area contributed by atoms with Crippen LogP contribution in [0.2, 0.25) is 0 Å². The van der Waals surface area contributed by atoms with Crippen molar-refractivity contribution in [1.82, 2.24) is 0 Å². The van der Waals surface area contributed by atoms with Crippen molar-refractivity contribution < 1.29 is 114 Å². The van der Waals surface area contributed by atoms with Crippen molar-refractivity contribution in [2.45, 2.75) is 0 Å². The summed E-state index contributed by atoms with van der Waals surface area (Å²) >= 11 is 0. The first-order chi connectivity index (χ1) is 35.7. The van der Waals surface area contributed by atoms with Gasteiger partial charge in [0.1, 0.15) is 13.2 Å². The summed E-state index contributed by atoms with van der Waals surface area (Å²) in [5.74, 6) is -0.931. The van der Waals surface area contributed by atoms with E-state index >= 15 is 0 Å². The molecule has 0 rings (SSSR count). The van der Waals surface area contributed by atoms with Gasteiger partial charge in [0.05, 0.1) is 264 Å². The molecule has 0 atom stereocenters. The van der Waals surface area contributed by atoms with Crippen LogP contribution in [0.5, 0.6) is 0 Å². The van der Waals surface area contributed by atoms with Crippen LogP contribution < -0.4 is 0 Å². The van der Waals surface area contributed by atoms with Crippen LogP contribution in [0.15, 0.2) is 25.3 Å². The molecular formula is C48H90O24. The van der Waals surface area contributed by atoms with E-state index in [1.165, 1.54) is 0 Å². The maximum Gasteiger partial charge on any atom is 0.330 e. The molecule has 0 aliphatic rings. The average Bonchev–Trinajstić information content (AvgIpc) is 3.39. The first-order valence-corrected chi connectivity index (χ1v) is 24.8. The van der Waals surface area contributed by atoms with Crippen molar-refractivity contribution in [3.63, 3.8) is 0 Å². The Labute approximate surface area is 427 Å². The number of carbonyl (C=O) groups is 2. The second-order valence-electron chi connectivity index (χ2n) is 14.0. The number of rotatable bonds is 65. The van der Waals surface area contributed by atoms with Crippen LogP contribution >= 0.6 is 0 Å². The second-order valence-corrected chi connectivity index (χ2v) is 14.0. The largest absolute Gasteiger partial charge is 0.460 e. The molecule has 24 heteroatoms. The standard InChI is InChI=1S/C48H90O24/c1-3-47(49)71-45-43-69-41-39-67-37-35-65-33-31-63-29-27-61-25-23-59-21-19-57-17-15-55-13-11-53-9-7-51-5-6-52-8-10-54-12-14-56-16-18-58-20-22-60-24-26-62-28-30-64-32-34-66-36-38-68-40-42-70-44-46-72-48(50)4-2/h3-4H,1-2,5-46H2.